The van der Waals surface area contributed by atoms with Crippen LogP contribution < -0.4 is 0 Å². The van der Waals surface area contributed by atoms with Crippen LogP contribution in [0.4, 0.5) is 0 Å². The Kier molecular flexibility index (Phi) is 4.39. The van der Waals surface area contributed by atoms with E-state index in [9.17, 15) is 0 Å². The second kappa shape index (κ2) is 6.81. The van der Waals surface area contributed by atoms with Crippen LogP contribution in [0, 0.1) is 0 Å². The van der Waals surface area contributed by atoms with Gasteiger partial charge in [0.2, 0.25) is 11.8 Å². The molecule has 0 aliphatic carbocycles. The van der Waals surface area contributed by atoms with Crippen LogP contribution >= 0.6 is 0 Å². The van der Waals surface area contributed by atoms with Crippen molar-refractivity contribution in [3.05, 3.63) is 36.2 Å². The topological polar surface area (TPSA) is 45.4 Å². The molecule has 3 heterocycles. The highest BCUT2D eigenvalue weighted by atomic mass is 16.4. The third kappa shape index (κ3) is 3.46. The molecule has 4 rings (SSSR count). The fraction of sp³-hybridized carbons (Fsp3) is 0.556. The summed E-state index contributed by atoms with van der Waals surface area (Å²) >= 11 is 0. The molecular formula is C18H24N4O. The summed E-state index contributed by atoms with van der Waals surface area (Å²) in [6.07, 6.45) is 5.32. The Hall–Kier alpha value is -1.72. The van der Waals surface area contributed by atoms with Crippen molar-refractivity contribution in [1.29, 1.82) is 0 Å². The number of piperidine rings is 1. The van der Waals surface area contributed by atoms with Crippen molar-refractivity contribution in [3.63, 3.8) is 0 Å². The quantitative estimate of drug-likeness (QED) is 0.868. The molecule has 1 aromatic heterocycles. The zero-order valence-corrected chi connectivity index (χ0v) is 13.5. The molecule has 0 radical (unpaired) electrons. The summed E-state index contributed by atoms with van der Waals surface area (Å²) in [5, 5.41) is 8.43. The lowest BCUT2D eigenvalue weighted by molar-refractivity contribution is 0.104. The molecule has 2 aliphatic heterocycles. The Morgan fingerprint density at radius 3 is 2.65 bits per heavy atom. The van der Waals surface area contributed by atoms with Crippen LogP contribution in [0.25, 0.3) is 11.5 Å². The van der Waals surface area contributed by atoms with E-state index in [1.165, 1.54) is 38.8 Å². The fourth-order valence-corrected chi connectivity index (χ4v) is 3.79. The molecule has 0 saturated carbocycles. The number of aromatic nitrogens is 2. The third-order valence-corrected chi connectivity index (χ3v) is 4.98. The van der Waals surface area contributed by atoms with E-state index in [1.807, 2.05) is 30.3 Å². The maximum absolute atomic E-state index is 5.86. The van der Waals surface area contributed by atoms with Crippen molar-refractivity contribution >= 4 is 0 Å². The van der Waals surface area contributed by atoms with Crippen LogP contribution in [0.5, 0.6) is 0 Å². The predicted molar refractivity (Wildman–Crippen MR) is 88.8 cm³/mol. The fourth-order valence-electron chi connectivity index (χ4n) is 3.79. The Labute approximate surface area is 137 Å². The van der Waals surface area contributed by atoms with Gasteiger partial charge in [0.05, 0.1) is 6.54 Å². The summed E-state index contributed by atoms with van der Waals surface area (Å²) in [5.74, 6) is 1.35. The molecule has 2 fully saturated rings. The first kappa shape index (κ1) is 14.8. The van der Waals surface area contributed by atoms with Gasteiger partial charge in [-0.3, -0.25) is 9.80 Å². The molecule has 5 heteroatoms. The molecule has 0 N–H and O–H groups in total. The highest BCUT2D eigenvalue weighted by Crippen LogP contribution is 2.22. The number of benzene rings is 1. The van der Waals surface area contributed by atoms with Crippen LogP contribution in [0.2, 0.25) is 0 Å². The summed E-state index contributed by atoms with van der Waals surface area (Å²) in [6.45, 7) is 5.58. The average Bonchev–Trinajstić information content (AvgIpc) is 3.28. The lowest BCUT2D eigenvalue weighted by Crippen LogP contribution is -2.46. The number of rotatable bonds is 4. The maximum Gasteiger partial charge on any atom is 0.247 e. The zero-order chi connectivity index (χ0) is 15.5. The molecule has 1 atom stereocenters. The van der Waals surface area contributed by atoms with Gasteiger partial charge in [-0.05, 0) is 57.5 Å². The molecule has 2 aliphatic rings. The van der Waals surface area contributed by atoms with Gasteiger partial charge in [0.1, 0.15) is 0 Å². The summed E-state index contributed by atoms with van der Waals surface area (Å²) in [6, 6.07) is 10.7. The Morgan fingerprint density at radius 1 is 1.00 bits per heavy atom. The van der Waals surface area contributed by atoms with Gasteiger partial charge in [0, 0.05) is 18.2 Å². The van der Waals surface area contributed by atoms with Crippen LogP contribution in [0.15, 0.2) is 34.7 Å². The number of hydrogen-bond acceptors (Lipinski definition) is 5. The second-order valence-corrected chi connectivity index (χ2v) is 6.64. The van der Waals surface area contributed by atoms with E-state index < -0.39 is 0 Å². The molecule has 2 aromatic rings. The average molecular weight is 312 g/mol. The maximum atomic E-state index is 5.86. The summed E-state index contributed by atoms with van der Waals surface area (Å²) in [4.78, 5) is 5.13. The van der Waals surface area contributed by atoms with E-state index in [0.717, 1.165) is 31.1 Å². The molecule has 23 heavy (non-hydrogen) atoms. The molecule has 1 aromatic carbocycles. The van der Waals surface area contributed by atoms with Crippen LogP contribution in [-0.2, 0) is 6.54 Å². The van der Waals surface area contributed by atoms with Crippen molar-refractivity contribution in [3.8, 4) is 11.5 Å². The van der Waals surface area contributed by atoms with E-state index in [-0.39, 0.29) is 0 Å². The highest BCUT2D eigenvalue weighted by molar-refractivity contribution is 5.51. The molecular weight excluding hydrogens is 288 g/mol. The van der Waals surface area contributed by atoms with Gasteiger partial charge < -0.3 is 4.42 Å². The van der Waals surface area contributed by atoms with E-state index in [4.69, 9.17) is 4.42 Å². The predicted octanol–water partition coefficient (Wildman–Crippen LogP) is 2.80. The minimum atomic E-state index is 0.619. The van der Waals surface area contributed by atoms with Gasteiger partial charge in [0.15, 0.2) is 0 Å². The molecule has 0 bridgehead atoms. The zero-order valence-electron chi connectivity index (χ0n) is 13.5. The Morgan fingerprint density at radius 2 is 1.83 bits per heavy atom. The van der Waals surface area contributed by atoms with Gasteiger partial charge in [-0.25, -0.2) is 0 Å². The number of hydrogen-bond donors (Lipinski definition) is 0. The summed E-state index contributed by atoms with van der Waals surface area (Å²) in [5.41, 5.74) is 0.986. The Bertz CT molecular complexity index is 621. The van der Waals surface area contributed by atoms with Gasteiger partial charge in [-0.15, -0.1) is 10.2 Å². The standard InChI is InChI=1S/C18H24N4O/c1-2-7-15(8-3-1)18-20-19-17(23-18)14-21-10-6-9-16(13-21)22-11-4-5-12-22/h1-3,7-8,16H,4-6,9-14H2/t16-/m0/s1. The van der Waals surface area contributed by atoms with E-state index in [1.54, 1.807) is 0 Å². The lowest BCUT2D eigenvalue weighted by atomic mass is 10.0. The second-order valence-electron chi connectivity index (χ2n) is 6.64. The normalized spacial score (nSPS) is 23.4. The van der Waals surface area contributed by atoms with E-state index in [0.29, 0.717) is 11.9 Å². The lowest BCUT2D eigenvalue weighted by Gasteiger charge is -2.36. The van der Waals surface area contributed by atoms with E-state index in [2.05, 4.69) is 20.0 Å². The highest BCUT2D eigenvalue weighted by Gasteiger charge is 2.27. The molecule has 122 valence electrons. The molecule has 0 unspecified atom stereocenters. The summed E-state index contributed by atoms with van der Waals surface area (Å²) < 4.78 is 5.86. The first-order valence-corrected chi connectivity index (χ1v) is 8.73. The smallest absolute Gasteiger partial charge is 0.247 e. The van der Waals surface area contributed by atoms with Crippen molar-refractivity contribution in [2.45, 2.75) is 38.3 Å². The van der Waals surface area contributed by atoms with Crippen LogP contribution in [0.3, 0.4) is 0 Å². The van der Waals surface area contributed by atoms with Crippen molar-refractivity contribution in [2.24, 2.45) is 0 Å². The van der Waals surface area contributed by atoms with Crippen molar-refractivity contribution < 1.29 is 4.42 Å². The largest absolute Gasteiger partial charge is 0.419 e. The van der Waals surface area contributed by atoms with Crippen molar-refractivity contribution in [1.82, 2.24) is 20.0 Å². The van der Waals surface area contributed by atoms with Gasteiger partial charge in [-0.2, -0.15) is 0 Å². The SMILES string of the molecule is c1ccc(-c2nnc(CN3CCC[C@H](N4CCCC4)C3)o2)cc1. The van der Waals surface area contributed by atoms with Gasteiger partial charge in [0.25, 0.3) is 0 Å². The molecule has 2 saturated heterocycles. The molecule has 0 spiro atoms. The minimum Gasteiger partial charge on any atom is -0.419 e. The molecule has 5 nitrogen and oxygen atoms in total. The molecule has 0 amide bonds. The Balaban J connectivity index is 1.39. The minimum absolute atomic E-state index is 0.619. The monoisotopic (exact) mass is 312 g/mol. The van der Waals surface area contributed by atoms with E-state index >= 15 is 0 Å². The first-order chi connectivity index (χ1) is 11.4. The van der Waals surface area contributed by atoms with Gasteiger partial charge >= 0.3 is 0 Å². The van der Waals surface area contributed by atoms with Crippen molar-refractivity contribution in [2.75, 3.05) is 26.2 Å². The van der Waals surface area contributed by atoms with Crippen LogP contribution in [-0.4, -0.2) is 52.2 Å². The first-order valence-electron chi connectivity index (χ1n) is 8.73. The van der Waals surface area contributed by atoms with Gasteiger partial charge in [-0.1, -0.05) is 18.2 Å². The number of nitrogens with zero attached hydrogens (tertiary/aromatic N) is 4. The third-order valence-electron chi connectivity index (χ3n) is 4.98. The number of likely N-dealkylation sites (tertiary alicyclic amines) is 2. The van der Waals surface area contributed by atoms with Crippen LogP contribution in [0.1, 0.15) is 31.6 Å². The summed E-state index contributed by atoms with van der Waals surface area (Å²) in [7, 11) is 0.